The van der Waals surface area contributed by atoms with Crippen LogP contribution in [0.2, 0.25) is 0 Å². The van der Waals surface area contributed by atoms with Crippen LogP contribution in [0, 0.1) is 5.92 Å². The van der Waals surface area contributed by atoms with Crippen LogP contribution in [0.3, 0.4) is 0 Å². The van der Waals surface area contributed by atoms with Crippen molar-refractivity contribution in [2.24, 2.45) is 11.1 Å². The highest BCUT2D eigenvalue weighted by molar-refractivity contribution is 5.90. The monoisotopic (exact) mass is 441 g/mol. The van der Waals surface area contributed by atoms with Gasteiger partial charge in [0.1, 0.15) is 12.4 Å². The van der Waals surface area contributed by atoms with Crippen molar-refractivity contribution in [2.45, 2.75) is 44.8 Å². The molecule has 172 valence electrons. The van der Waals surface area contributed by atoms with Gasteiger partial charge in [0.15, 0.2) is 0 Å². The van der Waals surface area contributed by atoms with E-state index >= 15 is 0 Å². The number of oxime groups is 1. The van der Waals surface area contributed by atoms with E-state index in [2.05, 4.69) is 15.0 Å². The van der Waals surface area contributed by atoms with E-state index in [9.17, 15) is 9.90 Å². The van der Waals surface area contributed by atoms with Crippen molar-refractivity contribution >= 4 is 22.6 Å². The number of ether oxygens (including phenoxy) is 2. The van der Waals surface area contributed by atoms with Crippen molar-refractivity contribution < 1.29 is 24.2 Å². The van der Waals surface area contributed by atoms with Crippen LogP contribution in [0.15, 0.2) is 35.6 Å². The van der Waals surface area contributed by atoms with Crippen LogP contribution in [0.5, 0.6) is 5.75 Å². The van der Waals surface area contributed by atoms with Gasteiger partial charge >= 0.3 is 5.97 Å². The fraction of sp³-hybridized carbons (Fsp3) is 0.542. The van der Waals surface area contributed by atoms with Gasteiger partial charge < -0.3 is 19.4 Å². The molecule has 32 heavy (non-hydrogen) atoms. The number of rotatable bonds is 9. The van der Waals surface area contributed by atoms with Gasteiger partial charge in [-0.15, -0.1) is 0 Å². The molecule has 8 nitrogen and oxygen atoms in total. The zero-order valence-electron chi connectivity index (χ0n) is 18.7. The van der Waals surface area contributed by atoms with Crippen LogP contribution in [0.4, 0.5) is 0 Å². The number of benzene rings is 1. The second-order valence-corrected chi connectivity index (χ2v) is 8.31. The summed E-state index contributed by atoms with van der Waals surface area (Å²) in [6.07, 6.45) is 3.90. The van der Waals surface area contributed by atoms with Gasteiger partial charge in [-0.3, -0.25) is 14.7 Å². The number of methoxy groups -OCH3 is 1. The second-order valence-electron chi connectivity index (χ2n) is 8.31. The number of aliphatic hydroxyl groups is 1. The molecule has 3 aliphatic heterocycles. The molecule has 0 aliphatic carbocycles. The fourth-order valence-corrected chi connectivity index (χ4v) is 4.70. The number of fused-ring (bicyclic) bond motifs is 4. The first-order valence-corrected chi connectivity index (χ1v) is 11.3. The lowest BCUT2D eigenvalue weighted by atomic mass is 9.78. The Kier molecular flexibility index (Phi) is 7.22. The van der Waals surface area contributed by atoms with E-state index in [0.29, 0.717) is 38.5 Å². The van der Waals surface area contributed by atoms with Gasteiger partial charge in [-0.05, 0) is 62.6 Å². The van der Waals surface area contributed by atoms with Gasteiger partial charge in [0.2, 0.25) is 0 Å². The third kappa shape index (κ3) is 4.86. The Labute approximate surface area is 188 Å². The lowest BCUT2D eigenvalue weighted by molar-refractivity contribution is -0.143. The maximum atomic E-state index is 11.4. The maximum absolute atomic E-state index is 11.4. The van der Waals surface area contributed by atoms with Gasteiger partial charge in [0, 0.05) is 36.5 Å². The van der Waals surface area contributed by atoms with Crippen molar-refractivity contribution in [2.75, 3.05) is 33.4 Å². The molecule has 3 aliphatic rings. The van der Waals surface area contributed by atoms with Crippen LogP contribution in [-0.2, 0) is 14.4 Å². The highest BCUT2D eigenvalue weighted by Gasteiger charge is 2.42. The Morgan fingerprint density at radius 3 is 3.00 bits per heavy atom. The Morgan fingerprint density at radius 2 is 2.25 bits per heavy atom. The van der Waals surface area contributed by atoms with Gasteiger partial charge in [0.25, 0.3) is 0 Å². The molecule has 4 heterocycles. The predicted octanol–water partition coefficient (Wildman–Crippen LogP) is 3.09. The number of aliphatic hydroxyl groups excluding tert-OH is 1. The lowest BCUT2D eigenvalue weighted by Crippen LogP contribution is -2.55. The fourth-order valence-electron chi connectivity index (χ4n) is 4.70. The molecule has 0 radical (unpaired) electrons. The third-order valence-corrected chi connectivity index (χ3v) is 6.37. The minimum absolute atomic E-state index is 0.0216. The largest absolute Gasteiger partial charge is 0.497 e. The highest BCUT2D eigenvalue weighted by Crippen LogP contribution is 2.38. The summed E-state index contributed by atoms with van der Waals surface area (Å²) in [6.45, 7) is 4.21. The maximum Gasteiger partial charge on any atom is 0.305 e. The van der Waals surface area contributed by atoms with Crippen LogP contribution in [0.1, 0.15) is 44.3 Å². The Hall–Kier alpha value is -2.71. The molecule has 1 N–H and O–H groups in total. The first-order chi connectivity index (χ1) is 15.6. The minimum atomic E-state index is -0.623. The minimum Gasteiger partial charge on any atom is -0.497 e. The van der Waals surface area contributed by atoms with Crippen LogP contribution in [0.25, 0.3) is 10.9 Å². The molecule has 2 aromatic rings. The van der Waals surface area contributed by atoms with E-state index in [1.54, 1.807) is 20.2 Å². The van der Waals surface area contributed by atoms with Crippen LogP contribution < -0.4 is 4.74 Å². The van der Waals surface area contributed by atoms with Crippen LogP contribution in [-0.4, -0.2) is 66.1 Å². The average Bonchev–Trinajstić information content (AvgIpc) is 2.83. The zero-order valence-corrected chi connectivity index (χ0v) is 18.7. The molecular weight excluding hydrogens is 410 g/mol. The molecule has 3 fully saturated rings. The summed E-state index contributed by atoms with van der Waals surface area (Å²) in [5.74, 6) is 0.843. The molecule has 8 heteroatoms. The number of carbonyl (C=O) groups excluding carboxylic acids is 1. The standard InChI is InChI=1S/C24H31N3O5/c1-3-31-23(28)5-4-12-32-26-21-15-27-11-9-16(21)13-22(27)24(29)18-8-10-25-20-7-6-17(30-2)14-19(18)20/h6-8,10,14,16,22,24,29H,3-5,9,11-13,15H2,1-2H3/t16-,22-,24+/m0/s1. The molecule has 1 aromatic carbocycles. The SMILES string of the molecule is CCOC(=O)CCCON=C1CN2CC[C@H]1C[C@H]2[C@H](O)c1ccnc2ccc(OC)cc12. The molecule has 4 atom stereocenters. The third-order valence-electron chi connectivity index (χ3n) is 6.37. The molecule has 2 bridgehead atoms. The number of nitrogens with zero attached hydrogens (tertiary/aromatic N) is 3. The number of hydrogen-bond donors (Lipinski definition) is 1. The van der Waals surface area contributed by atoms with Crippen LogP contribution >= 0.6 is 0 Å². The van der Waals surface area contributed by atoms with Crippen molar-refractivity contribution in [1.29, 1.82) is 0 Å². The molecule has 1 aromatic heterocycles. The van der Waals surface area contributed by atoms with E-state index in [-0.39, 0.29) is 12.0 Å². The van der Waals surface area contributed by atoms with Gasteiger partial charge in [-0.25, -0.2) is 0 Å². The molecule has 0 spiro atoms. The predicted molar refractivity (Wildman–Crippen MR) is 121 cm³/mol. The topological polar surface area (TPSA) is 93.5 Å². The number of carbonyl (C=O) groups is 1. The normalized spacial score (nSPS) is 24.5. The number of hydrogen-bond acceptors (Lipinski definition) is 8. The van der Waals surface area contributed by atoms with E-state index in [1.165, 1.54) is 0 Å². The first kappa shape index (κ1) is 22.5. The number of piperidine rings is 3. The van der Waals surface area contributed by atoms with Gasteiger partial charge in [-0.1, -0.05) is 5.16 Å². The summed E-state index contributed by atoms with van der Waals surface area (Å²) in [5, 5.41) is 16.6. The zero-order chi connectivity index (χ0) is 22.5. The molecule has 5 rings (SSSR count). The summed E-state index contributed by atoms with van der Waals surface area (Å²) >= 11 is 0. The number of aromatic nitrogens is 1. The average molecular weight is 442 g/mol. The van der Waals surface area contributed by atoms with Gasteiger partial charge in [0.05, 0.1) is 31.0 Å². The smallest absolute Gasteiger partial charge is 0.305 e. The van der Waals surface area contributed by atoms with Crippen molar-refractivity contribution in [3.63, 3.8) is 0 Å². The van der Waals surface area contributed by atoms with E-state index in [4.69, 9.17) is 14.3 Å². The Balaban J connectivity index is 1.40. The first-order valence-electron chi connectivity index (χ1n) is 11.3. The highest BCUT2D eigenvalue weighted by atomic mass is 16.6. The molecular formula is C24H31N3O5. The quantitative estimate of drug-likeness (QED) is 0.363. The van der Waals surface area contributed by atoms with E-state index in [0.717, 1.165) is 47.3 Å². The van der Waals surface area contributed by atoms with Crippen molar-refractivity contribution in [3.05, 3.63) is 36.0 Å². The van der Waals surface area contributed by atoms with Crippen molar-refractivity contribution in [1.82, 2.24) is 9.88 Å². The molecule has 0 saturated carbocycles. The summed E-state index contributed by atoms with van der Waals surface area (Å²) in [6, 6.07) is 7.66. The number of esters is 1. The summed E-state index contributed by atoms with van der Waals surface area (Å²) in [5.41, 5.74) is 2.74. The summed E-state index contributed by atoms with van der Waals surface area (Å²) < 4.78 is 10.3. The Bertz CT molecular complexity index is 979. The lowest BCUT2D eigenvalue weighted by Gasteiger charge is -2.47. The molecule has 3 saturated heterocycles. The van der Waals surface area contributed by atoms with E-state index in [1.807, 2.05) is 24.3 Å². The molecule has 0 amide bonds. The number of pyridine rings is 1. The molecule has 1 unspecified atom stereocenters. The van der Waals surface area contributed by atoms with Gasteiger partial charge in [-0.2, -0.15) is 0 Å². The van der Waals surface area contributed by atoms with E-state index < -0.39 is 6.10 Å². The Morgan fingerprint density at radius 1 is 1.38 bits per heavy atom. The second kappa shape index (κ2) is 10.3. The summed E-state index contributed by atoms with van der Waals surface area (Å²) in [7, 11) is 1.64. The summed E-state index contributed by atoms with van der Waals surface area (Å²) in [4.78, 5) is 23.6. The van der Waals surface area contributed by atoms with Crippen molar-refractivity contribution in [3.8, 4) is 5.75 Å².